The molecule has 0 amide bonds. The molecule has 0 radical (unpaired) electrons. The Morgan fingerprint density at radius 3 is 2.62 bits per heavy atom. The fraction of sp³-hybridized carbons (Fsp3) is 0.455. The van der Waals surface area contributed by atoms with Gasteiger partial charge < -0.3 is 34.9 Å². The van der Waals surface area contributed by atoms with Gasteiger partial charge in [-0.05, 0) is 24.6 Å². The lowest BCUT2D eigenvalue weighted by Gasteiger charge is -2.16. The zero-order valence-electron chi connectivity index (χ0n) is 19.3. The lowest BCUT2D eigenvalue weighted by Crippen LogP contribution is -2.21. The van der Waals surface area contributed by atoms with E-state index in [4.69, 9.17) is 25.1 Å². The molecule has 0 saturated carbocycles. The molecule has 0 unspecified atom stereocenters. The van der Waals surface area contributed by atoms with E-state index in [1.807, 2.05) is 31.3 Å². The summed E-state index contributed by atoms with van der Waals surface area (Å²) in [4.78, 5) is 36.3. The minimum Gasteiger partial charge on any atom is -0.480 e. The van der Waals surface area contributed by atoms with Crippen LogP contribution in [-0.4, -0.2) is 82.6 Å². The Balaban J connectivity index is 1.62. The van der Waals surface area contributed by atoms with Gasteiger partial charge in [0.15, 0.2) is 11.5 Å². The van der Waals surface area contributed by atoms with Gasteiger partial charge in [0.05, 0.1) is 13.2 Å². The number of aromatic nitrogens is 4. The molecule has 0 fully saturated rings. The van der Waals surface area contributed by atoms with Crippen molar-refractivity contribution >= 4 is 23.0 Å². The predicted octanol–water partition coefficient (Wildman–Crippen LogP) is 0.698. The number of nitrogens with one attached hydrogen (secondary N) is 1. The number of nitrogen functional groups attached to an aromatic ring is 1. The highest BCUT2D eigenvalue weighted by molar-refractivity contribution is 5.81. The van der Waals surface area contributed by atoms with E-state index in [1.54, 1.807) is 7.11 Å². The first-order valence-corrected chi connectivity index (χ1v) is 10.8. The first-order valence-electron chi connectivity index (χ1n) is 10.8. The van der Waals surface area contributed by atoms with Gasteiger partial charge >= 0.3 is 17.7 Å². The van der Waals surface area contributed by atoms with Crippen LogP contribution in [0.5, 0.6) is 6.01 Å². The van der Waals surface area contributed by atoms with E-state index in [1.165, 1.54) is 4.57 Å². The minimum atomic E-state index is -0.963. The number of rotatable bonds is 14. The molecule has 2 aromatic heterocycles. The number of nitrogens with zero attached hydrogens (tertiary/aromatic N) is 4. The average Bonchev–Trinajstić information content (AvgIpc) is 3.10. The van der Waals surface area contributed by atoms with Crippen molar-refractivity contribution in [3.63, 3.8) is 0 Å². The second-order valence-corrected chi connectivity index (χ2v) is 7.80. The molecular weight excluding hydrogens is 444 g/mol. The van der Waals surface area contributed by atoms with Crippen LogP contribution in [0.3, 0.4) is 0 Å². The van der Waals surface area contributed by atoms with Crippen LogP contribution in [-0.2, 0) is 27.4 Å². The number of nitrogens with two attached hydrogens (primary N) is 1. The SMILES string of the molecule is COCCOc1nc(N)c2[nH]c(=O)n(Cc3ccc(CN(C)CCCOCC(=O)O)cc3)c2n1. The monoisotopic (exact) mass is 474 g/mol. The lowest BCUT2D eigenvalue weighted by molar-refractivity contribution is -0.142. The van der Waals surface area contributed by atoms with Gasteiger partial charge in [0.2, 0.25) is 0 Å². The molecule has 0 bridgehead atoms. The molecule has 0 aliphatic carbocycles. The molecule has 0 aliphatic rings. The van der Waals surface area contributed by atoms with E-state index in [0.717, 1.165) is 30.6 Å². The second-order valence-electron chi connectivity index (χ2n) is 7.80. The number of anilines is 1. The average molecular weight is 475 g/mol. The van der Waals surface area contributed by atoms with Crippen LogP contribution in [0.2, 0.25) is 0 Å². The van der Waals surface area contributed by atoms with E-state index >= 15 is 0 Å². The number of imidazole rings is 1. The predicted molar refractivity (Wildman–Crippen MR) is 125 cm³/mol. The zero-order chi connectivity index (χ0) is 24.5. The fourth-order valence-corrected chi connectivity index (χ4v) is 3.38. The number of carboxylic acid groups (broad SMARTS) is 1. The van der Waals surface area contributed by atoms with Crippen molar-refractivity contribution in [2.45, 2.75) is 19.5 Å². The highest BCUT2D eigenvalue weighted by atomic mass is 16.5. The molecule has 3 aromatic rings. The van der Waals surface area contributed by atoms with Crippen LogP contribution in [0.4, 0.5) is 5.82 Å². The van der Waals surface area contributed by atoms with Gasteiger partial charge in [-0.25, -0.2) is 9.59 Å². The number of methoxy groups -OCH3 is 1. The maximum atomic E-state index is 12.5. The molecule has 34 heavy (non-hydrogen) atoms. The normalized spacial score (nSPS) is 11.4. The summed E-state index contributed by atoms with van der Waals surface area (Å²) in [5, 5.41) is 8.57. The Morgan fingerprint density at radius 1 is 1.18 bits per heavy atom. The van der Waals surface area contributed by atoms with E-state index in [2.05, 4.69) is 19.9 Å². The standard InChI is InChI=1S/C22H30N6O6/c1-27(8-3-9-33-14-17(29)30)12-15-4-6-16(7-5-15)13-28-20-18(24-22(28)31)19(23)25-21(26-20)34-11-10-32-2/h4-7H,3,8-14H2,1-2H3,(H,24,31)(H,29,30)(H2,23,25,26). The number of H-pyrrole nitrogens is 1. The van der Waals surface area contributed by atoms with Crippen LogP contribution in [0, 0.1) is 0 Å². The number of benzene rings is 1. The highest BCUT2D eigenvalue weighted by Crippen LogP contribution is 2.19. The van der Waals surface area contributed by atoms with Gasteiger partial charge in [0.1, 0.15) is 18.7 Å². The van der Waals surface area contributed by atoms with Crippen molar-refractivity contribution in [1.29, 1.82) is 0 Å². The minimum absolute atomic E-state index is 0.0848. The Bertz CT molecular complexity index is 1140. The topological polar surface area (TPSA) is 158 Å². The van der Waals surface area contributed by atoms with Crippen LogP contribution >= 0.6 is 0 Å². The van der Waals surface area contributed by atoms with E-state index in [-0.39, 0.29) is 30.7 Å². The summed E-state index contributed by atoms with van der Waals surface area (Å²) in [7, 11) is 3.56. The molecule has 0 spiro atoms. The highest BCUT2D eigenvalue weighted by Gasteiger charge is 2.15. The number of ether oxygens (including phenoxy) is 3. The van der Waals surface area contributed by atoms with E-state index < -0.39 is 5.97 Å². The van der Waals surface area contributed by atoms with Crippen molar-refractivity contribution in [2.75, 3.05) is 52.9 Å². The van der Waals surface area contributed by atoms with Gasteiger partial charge in [0, 0.05) is 26.8 Å². The van der Waals surface area contributed by atoms with Crippen LogP contribution in [0.15, 0.2) is 29.1 Å². The Labute approximate surface area is 196 Å². The van der Waals surface area contributed by atoms with Gasteiger partial charge in [-0.15, -0.1) is 0 Å². The quantitative estimate of drug-likeness (QED) is 0.284. The molecule has 4 N–H and O–H groups in total. The molecule has 12 heteroatoms. The van der Waals surface area contributed by atoms with E-state index in [9.17, 15) is 9.59 Å². The smallest absolute Gasteiger partial charge is 0.329 e. The molecule has 3 rings (SSSR count). The first kappa shape index (κ1) is 25.1. The van der Waals surface area contributed by atoms with Crippen molar-refractivity contribution in [2.24, 2.45) is 0 Å². The van der Waals surface area contributed by atoms with Gasteiger partial charge in [-0.2, -0.15) is 9.97 Å². The number of hydrogen-bond acceptors (Lipinski definition) is 9. The fourth-order valence-electron chi connectivity index (χ4n) is 3.38. The number of carbonyl (C=O) groups is 1. The van der Waals surface area contributed by atoms with Crippen molar-refractivity contribution in [3.05, 3.63) is 45.9 Å². The molecular formula is C22H30N6O6. The molecule has 0 saturated heterocycles. The summed E-state index contributed by atoms with van der Waals surface area (Å²) < 4.78 is 17.0. The van der Waals surface area contributed by atoms with Crippen LogP contribution < -0.4 is 16.2 Å². The van der Waals surface area contributed by atoms with Gasteiger partial charge in [-0.1, -0.05) is 24.3 Å². The second kappa shape index (κ2) is 12.1. The lowest BCUT2D eigenvalue weighted by atomic mass is 10.1. The van der Waals surface area contributed by atoms with Crippen molar-refractivity contribution in [1.82, 2.24) is 24.4 Å². The summed E-state index contributed by atoms with van der Waals surface area (Å²) in [5.74, 6) is -0.824. The van der Waals surface area contributed by atoms with Gasteiger partial charge in [0.25, 0.3) is 0 Å². The Kier molecular flexibility index (Phi) is 8.96. The Morgan fingerprint density at radius 2 is 1.91 bits per heavy atom. The number of fused-ring (bicyclic) bond motifs is 1. The molecule has 1 aromatic carbocycles. The number of carboxylic acids is 1. The largest absolute Gasteiger partial charge is 0.480 e. The molecule has 0 aliphatic heterocycles. The summed E-state index contributed by atoms with van der Waals surface area (Å²) in [6, 6.07) is 8.03. The van der Waals surface area contributed by atoms with Crippen LogP contribution in [0.25, 0.3) is 11.2 Å². The summed E-state index contributed by atoms with van der Waals surface area (Å²) >= 11 is 0. The summed E-state index contributed by atoms with van der Waals surface area (Å²) in [6.45, 7) is 2.60. The van der Waals surface area contributed by atoms with Crippen LogP contribution in [0.1, 0.15) is 17.5 Å². The van der Waals surface area contributed by atoms with Crippen molar-refractivity contribution < 1.29 is 24.1 Å². The van der Waals surface area contributed by atoms with Gasteiger partial charge in [-0.3, -0.25) is 4.57 Å². The number of hydrogen-bond donors (Lipinski definition) is 3. The summed E-state index contributed by atoms with van der Waals surface area (Å²) in [5.41, 5.74) is 8.43. The van der Waals surface area contributed by atoms with E-state index in [0.29, 0.717) is 30.9 Å². The Hall–Kier alpha value is -3.48. The molecule has 2 heterocycles. The number of aromatic amines is 1. The number of aliphatic carboxylic acids is 1. The molecule has 184 valence electrons. The molecule has 0 atom stereocenters. The maximum Gasteiger partial charge on any atom is 0.329 e. The third kappa shape index (κ3) is 7.01. The first-order chi connectivity index (χ1) is 16.4. The molecule has 12 nitrogen and oxygen atoms in total. The third-order valence-electron chi connectivity index (χ3n) is 5.02. The maximum absolute atomic E-state index is 12.5. The van der Waals surface area contributed by atoms with Crippen molar-refractivity contribution in [3.8, 4) is 6.01 Å². The zero-order valence-corrected chi connectivity index (χ0v) is 19.3. The summed E-state index contributed by atoms with van der Waals surface area (Å²) in [6.07, 6.45) is 0.744. The third-order valence-corrected chi connectivity index (χ3v) is 5.02.